The Hall–Kier alpha value is -1.42. The normalized spacial score (nSPS) is 23.0. The average molecular weight is 284 g/mol. The summed E-state index contributed by atoms with van der Waals surface area (Å²) in [4.78, 5) is 11.9. The summed E-state index contributed by atoms with van der Waals surface area (Å²) in [6.07, 6.45) is 4.00. The fraction of sp³-hybridized carbons (Fsp3) is 0.500. The zero-order chi connectivity index (χ0) is 13.8. The second-order valence-corrected chi connectivity index (χ2v) is 5.65. The first-order chi connectivity index (χ1) is 9.06. The summed E-state index contributed by atoms with van der Waals surface area (Å²) in [6, 6.07) is 3.91. The van der Waals surface area contributed by atoms with Crippen LogP contribution in [0.15, 0.2) is 18.2 Å². The summed E-state index contributed by atoms with van der Waals surface area (Å²) in [7, 11) is 0. The van der Waals surface area contributed by atoms with Crippen molar-refractivity contribution in [3.05, 3.63) is 23.8 Å². The molecule has 4 nitrogen and oxygen atoms in total. The Kier molecular flexibility index (Phi) is 4.53. The molecule has 0 radical (unpaired) electrons. The maximum absolute atomic E-state index is 11.9. The third-order valence-electron chi connectivity index (χ3n) is 3.55. The lowest BCUT2D eigenvalue weighted by Crippen LogP contribution is -2.31. The van der Waals surface area contributed by atoms with Crippen LogP contribution in [0.3, 0.4) is 0 Å². The molecule has 0 spiro atoms. The molecule has 1 aliphatic carbocycles. The summed E-state index contributed by atoms with van der Waals surface area (Å²) in [6.45, 7) is 0.581. The van der Waals surface area contributed by atoms with Gasteiger partial charge in [-0.2, -0.15) is 0 Å². The number of amides is 1. The van der Waals surface area contributed by atoms with Gasteiger partial charge in [0, 0.05) is 11.9 Å². The van der Waals surface area contributed by atoms with Gasteiger partial charge in [-0.25, -0.2) is 0 Å². The van der Waals surface area contributed by atoms with Gasteiger partial charge in [-0.3, -0.25) is 4.79 Å². The summed E-state index contributed by atoms with van der Waals surface area (Å²) < 4.78 is 0. The highest BCUT2D eigenvalue weighted by molar-refractivity contribution is 6.20. The van der Waals surface area contributed by atoms with Crippen LogP contribution >= 0.6 is 11.6 Å². The topological polar surface area (TPSA) is 69.6 Å². The number of carbonyl (C=O) groups is 1. The van der Waals surface area contributed by atoms with Gasteiger partial charge < -0.3 is 15.5 Å². The molecule has 1 aliphatic rings. The molecule has 0 unspecified atom stereocenters. The maximum Gasteiger partial charge on any atom is 0.255 e. The average Bonchev–Trinajstić information content (AvgIpc) is 2.40. The molecule has 0 saturated heterocycles. The van der Waals surface area contributed by atoms with Gasteiger partial charge in [0.15, 0.2) is 0 Å². The van der Waals surface area contributed by atoms with E-state index in [0.29, 0.717) is 12.5 Å². The highest BCUT2D eigenvalue weighted by atomic mass is 35.5. The maximum atomic E-state index is 11.9. The molecule has 0 atom stereocenters. The minimum Gasteiger partial charge on any atom is -0.508 e. The van der Waals surface area contributed by atoms with Gasteiger partial charge in [0.25, 0.3) is 5.91 Å². The fourth-order valence-electron chi connectivity index (χ4n) is 2.36. The molecule has 0 bridgehead atoms. The molecule has 3 N–H and O–H groups in total. The van der Waals surface area contributed by atoms with Crippen molar-refractivity contribution in [2.45, 2.75) is 31.1 Å². The van der Waals surface area contributed by atoms with E-state index in [4.69, 9.17) is 11.6 Å². The summed E-state index contributed by atoms with van der Waals surface area (Å²) in [5, 5.41) is 22.0. The summed E-state index contributed by atoms with van der Waals surface area (Å²) in [5.41, 5.74) is 0.103. The van der Waals surface area contributed by atoms with Crippen LogP contribution in [0.2, 0.25) is 0 Å². The van der Waals surface area contributed by atoms with Gasteiger partial charge in [0.2, 0.25) is 0 Å². The molecule has 104 valence electrons. The fourth-order valence-corrected chi connectivity index (χ4v) is 2.62. The van der Waals surface area contributed by atoms with E-state index in [1.165, 1.54) is 18.2 Å². The Bertz CT molecular complexity index is 456. The van der Waals surface area contributed by atoms with Crippen LogP contribution < -0.4 is 5.32 Å². The third kappa shape index (κ3) is 3.77. The van der Waals surface area contributed by atoms with Crippen molar-refractivity contribution in [1.29, 1.82) is 0 Å². The van der Waals surface area contributed by atoms with Gasteiger partial charge in [-0.05, 0) is 49.8 Å². The molecular weight excluding hydrogens is 266 g/mol. The zero-order valence-corrected chi connectivity index (χ0v) is 11.4. The number of rotatable bonds is 3. The lowest BCUT2D eigenvalue weighted by atomic mass is 9.89. The Morgan fingerprint density at radius 2 is 1.95 bits per heavy atom. The lowest BCUT2D eigenvalue weighted by Gasteiger charge is -2.25. The van der Waals surface area contributed by atoms with Crippen molar-refractivity contribution in [2.75, 3.05) is 6.54 Å². The van der Waals surface area contributed by atoms with Crippen LogP contribution in [-0.2, 0) is 0 Å². The van der Waals surface area contributed by atoms with E-state index in [1.54, 1.807) is 0 Å². The minimum atomic E-state index is -0.360. The number of phenols is 2. The molecular formula is C14H18ClNO3. The largest absolute Gasteiger partial charge is 0.508 e. The SMILES string of the molecule is O=C(NCC1CCC(Cl)CC1)c1cc(O)ccc1O. The molecule has 1 amide bonds. The van der Waals surface area contributed by atoms with Gasteiger partial charge in [0.05, 0.1) is 5.56 Å². The first kappa shape index (κ1) is 14.0. The van der Waals surface area contributed by atoms with E-state index in [-0.39, 0.29) is 28.3 Å². The van der Waals surface area contributed by atoms with E-state index in [9.17, 15) is 15.0 Å². The molecule has 1 saturated carbocycles. The molecule has 2 rings (SSSR count). The van der Waals surface area contributed by atoms with Crippen molar-refractivity contribution >= 4 is 17.5 Å². The number of carbonyl (C=O) groups excluding carboxylic acids is 1. The molecule has 1 aromatic rings. The van der Waals surface area contributed by atoms with E-state index in [1.807, 2.05) is 0 Å². The molecule has 0 heterocycles. The predicted octanol–water partition coefficient (Wildman–Crippen LogP) is 2.63. The second-order valence-electron chi connectivity index (χ2n) is 5.03. The monoisotopic (exact) mass is 283 g/mol. The molecule has 0 aromatic heterocycles. The number of phenolic OH excluding ortho intramolecular Hbond substituents is 2. The van der Waals surface area contributed by atoms with E-state index in [2.05, 4.69) is 5.32 Å². The van der Waals surface area contributed by atoms with E-state index in [0.717, 1.165) is 25.7 Å². The third-order valence-corrected chi connectivity index (χ3v) is 3.99. The smallest absolute Gasteiger partial charge is 0.255 e. The van der Waals surface area contributed by atoms with Crippen LogP contribution in [0.5, 0.6) is 11.5 Å². The van der Waals surface area contributed by atoms with Crippen molar-refractivity contribution in [3.63, 3.8) is 0 Å². The highest BCUT2D eigenvalue weighted by Crippen LogP contribution is 2.27. The van der Waals surface area contributed by atoms with Crippen LogP contribution in [0.4, 0.5) is 0 Å². The zero-order valence-electron chi connectivity index (χ0n) is 10.6. The first-order valence-corrected chi connectivity index (χ1v) is 6.94. The number of hydrogen-bond donors (Lipinski definition) is 3. The number of halogens is 1. The Morgan fingerprint density at radius 1 is 1.26 bits per heavy atom. The summed E-state index contributed by atoms with van der Waals surface area (Å²) in [5.74, 6) is -0.0786. The Labute approximate surface area is 117 Å². The van der Waals surface area contributed by atoms with Gasteiger partial charge in [-0.15, -0.1) is 11.6 Å². The molecule has 1 fully saturated rings. The lowest BCUT2D eigenvalue weighted by molar-refractivity contribution is 0.0940. The van der Waals surface area contributed by atoms with Gasteiger partial charge >= 0.3 is 0 Å². The Morgan fingerprint density at radius 3 is 2.63 bits per heavy atom. The standard InChI is InChI=1S/C14H18ClNO3/c15-10-3-1-9(2-4-10)8-16-14(19)12-7-11(17)5-6-13(12)18/h5-7,9-10,17-18H,1-4,8H2,(H,16,19). The number of benzene rings is 1. The van der Waals surface area contributed by atoms with E-state index < -0.39 is 0 Å². The number of nitrogens with one attached hydrogen (secondary N) is 1. The number of aromatic hydroxyl groups is 2. The minimum absolute atomic E-state index is 0.0365. The van der Waals surface area contributed by atoms with Crippen molar-refractivity contribution < 1.29 is 15.0 Å². The van der Waals surface area contributed by atoms with Gasteiger partial charge in [0.1, 0.15) is 11.5 Å². The van der Waals surface area contributed by atoms with Crippen molar-refractivity contribution in [3.8, 4) is 11.5 Å². The predicted molar refractivity (Wildman–Crippen MR) is 73.7 cm³/mol. The van der Waals surface area contributed by atoms with Crippen LogP contribution in [-0.4, -0.2) is 28.0 Å². The van der Waals surface area contributed by atoms with E-state index >= 15 is 0 Å². The molecule has 19 heavy (non-hydrogen) atoms. The molecule has 1 aromatic carbocycles. The molecule has 0 aliphatic heterocycles. The van der Waals surface area contributed by atoms with Crippen molar-refractivity contribution in [1.82, 2.24) is 5.32 Å². The quantitative estimate of drug-likeness (QED) is 0.590. The highest BCUT2D eigenvalue weighted by Gasteiger charge is 2.20. The van der Waals surface area contributed by atoms with Crippen molar-refractivity contribution in [2.24, 2.45) is 5.92 Å². The van der Waals surface area contributed by atoms with Crippen LogP contribution in [0.1, 0.15) is 36.0 Å². The number of hydrogen-bond acceptors (Lipinski definition) is 3. The Balaban J connectivity index is 1.89. The van der Waals surface area contributed by atoms with Gasteiger partial charge in [-0.1, -0.05) is 0 Å². The van der Waals surface area contributed by atoms with Crippen LogP contribution in [0.25, 0.3) is 0 Å². The van der Waals surface area contributed by atoms with Crippen LogP contribution in [0, 0.1) is 5.92 Å². The second kappa shape index (κ2) is 6.15. The molecule has 5 heteroatoms. The first-order valence-electron chi connectivity index (χ1n) is 6.50. The summed E-state index contributed by atoms with van der Waals surface area (Å²) >= 11 is 6.03. The number of alkyl halides is 1.